The van der Waals surface area contributed by atoms with Gasteiger partial charge < -0.3 is 14.7 Å². The minimum atomic E-state index is -0.636. The van der Waals surface area contributed by atoms with Crippen molar-refractivity contribution in [3.63, 3.8) is 0 Å². The summed E-state index contributed by atoms with van der Waals surface area (Å²) < 4.78 is 5.67. The molecule has 1 N–H and O–H groups in total. The summed E-state index contributed by atoms with van der Waals surface area (Å²) in [5.74, 6) is -0.583. The number of ether oxygens (including phenoxy) is 1. The fraction of sp³-hybridized carbons (Fsp3) is 0.385. The number of aryl methyl sites for hydroxylation is 2. The Labute approximate surface area is 184 Å². The number of amides is 1. The van der Waals surface area contributed by atoms with E-state index in [-0.39, 0.29) is 11.3 Å². The van der Waals surface area contributed by atoms with E-state index in [1.165, 1.54) is 0 Å². The van der Waals surface area contributed by atoms with Gasteiger partial charge in [-0.05, 0) is 61.6 Å². The first-order valence-corrected chi connectivity index (χ1v) is 11.0. The number of aliphatic hydroxyl groups is 1. The third-order valence-electron chi connectivity index (χ3n) is 5.74. The van der Waals surface area contributed by atoms with Gasteiger partial charge in [0.05, 0.1) is 18.2 Å². The van der Waals surface area contributed by atoms with Crippen molar-refractivity contribution in [3.8, 4) is 5.75 Å². The second kappa shape index (κ2) is 9.82. The van der Waals surface area contributed by atoms with Crippen molar-refractivity contribution >= 4 is 17.4 Å². The van der Waals surface area contributed by atoms with Crippen LogP contribution in [0.1, 0.15) is 61.4 Å². The van der Waals surface area contributed by atoms with Crippen molar-refractivity contribution in [2.75, 3.05) is 13.2 Å². The standard InChI is InChI=1S/C26H31NO4/c1-5-7-14-27-23(19-10-12-21(13-11-19)31-15-6-2)22(25(29)26(27)30)24(28)20-9-8-17(3)18(4)16-20/h8-13,16,23,28H,5-7,14-15H2,1-4H3/b24-22-. The maximum Gasteiger partial charge on any atom is 0.295 e. The highest BCUT2D eigenvalue weighted by Gasteiger charge is 2.45. The highest BCUT2D eigenvalue weighted by molar-refractivity contribution is 6.46. The van der Waals surface area contributed by atoms with Gasteiger partial charge >= 0.3 is 0 Å². The van der Waals surface area contributed by atoms with E-state index in [1.54, 1.807) is 11.0 Å². The number of carbonyl (C=O) groups is 2. The average molecular weight is 422 g/mol. The Balaban J connectivity index is 2.09. The molecule has 1 amide bonds. The van der Waals surface area contributed by atoms with Crippen LogP contribution in [0.3, 0.4) is 0 Å². The van der Waals surface area contributed by atoms with Gasteiger partial charge in [-0.2, -0.15) is 0 Å². The SMILES string of the molecule is CCCCN1C(=O)C(=O)/C(=C(\O)c2ccc(C)c(C)c2)C1c1ccc(OCCC)cc1. The van der Waals surface area contributed by atoms with Crippen LogP contribution in [-0.2, 0) is 9.59 Å². The molecule has 3 rings (SSSR count). The van der Waals surface area contributed by atoms with Crippen molar-refractivity contribution in [1.29, 1.82) is 0 Å². The van der Waals surface area contributed by atoms with Gasteiger partial charge in [-0.25, -0.2) is 0 Å². The molecule has 0 saturated carbocycles. The molecule has 1 unspecified atom stereocenters. The summed E-state index contributed by atoms with van der Waals surface area (Å²) in [4.78, 5) is 27.5. The molecule has 0 bridgehead atoms. The van der Waals surface area contributed by atoms with Crippen LogP contribution < -0.4 is 4.74 Å². The van der Waals surface area contributed by atoms with E-state index in [0.29, 0.717) is 18.7 Å². The Hall–Kier alpha value is -3.08. The second-order valence-corrected chi connectivity index (χ2v) is 8.06. The van der Waals surface area contributed by atoms with E-state index < -0.39 is 17.7 Å². The van der Waals surface area contributed by atoms with Gasteiger partial charge in [0, 0.05) is 12.1 Å². The van der Waals surface area contributed by atoms with Crippen LogP contribution >= 0.6 is 0 Å². The third-order valence-corrected chi connectivity index (χ3v) is 5.74. The summed E-state index contributed by atoms with van der Waals surface area (Å²) in [5.41, 5.74) is 3.58. The Bertz CT molecular complexity index is 991. The zero-order chi connectivity index (χ0) is 22.5. The zero-order valence-electron chi connectivity index (χ0n) is 18.8. The maximum atomic E-state index is 13.0. The highest BCUT2D eigenvalue weighted by atomic mass is 16.5. The lowest BCUT2D eigenvalue weighted by Crippen LogP contribution is -2.30. The number of rotatable bonds is 8. The molecule has 0 radical (unpaired) electrons. The number of ketones is 1. The number of likely N-dealkylation sites (tertiary alicyclic amines) is 1. The monoisotopic (exact) mass is 421 g/mol. The van der Waals surface area contributed by atoms with Gasteiger partial charge in [0.25, 0.3) is 11.7 Å². The molecule has 1 aliphatic rings. The summed E-state index contributed by atoms with van der Waals surface area (Å²) in [6.45, 7) is 9.12. The minimum Gasteiger partial charge on any atom is -0.507 e. The molecule has 1 saturated heterocycles. The predicted molar refractivity (Wildman–Crippen MR) is 122 cm³/mol. The van der Waals surface area contributed by atoms with E-state index in [4.69, 9.17) is 4.74 Å². The number of Topliss-reactive ketones (excluding diaryl/α,β-unsaturated/α-hetero) is 1. The Morgan fingerprint density at radius 1 is 1.00 bits per heavy atom. The van der Waals surface area contributed by atoms with E-state index >= 15 is 0 Å². The molecule has 1 fully saturated rings. The van der Waals surface area contributed by atoms with Crippen molar-refractivity contribution < 1.29 is 19.4 Å². The molecule has 164 valence electrons. The number of hydrogen-bond acceptors (Lipinski definition) is 4. The van der Waals surface area contributed by atoms with Gasteiger partial charge in [0.2, 0.25) is 0 Å². The molecule has 0 aromatic heterocycles. The smallest absolute Gasteiger partial charge is 0.295 e. The molecule has 0 spiro atoms. The zero-order valence-corrected chi connectivity index (χ0v) is 18.8. The first kappa shape index (κ1) is 22.6. The first-order valence-electron chi connectivity index (χ1n) is 11.0. The number of unbranched alkanes of at least 4 members (excludes halogenated alkanes) is 1. The highest BCUT2D eigenvalue weighted by Crippen LogP contribution is 2.40. The molecule has 1 atom stereocenters. The van der Waals surface area contributed by atoms with Gasteiger partial charge in [-0.1, -0.05) is 44.5 Å². The van der Waals surface area contributed by atoms with Gasteiger partial charge in [-0.15, -0.1) is 0 Å². The molecule has 5 nitrogen and oxygen atoms in total. The normalized spacial score (nSPS) is 17.9. The van der Waals surface area contributed by atoms with Crippen molar-refractivity contribution in [3.05, 3.63) is 70.3 Å². The van der Waals surface area contributed by atoms with Gasteiger partial charge in [-0.3, -0.25) is 9.59 Å². The van der Waals surface area contributed by atoms with Crippen LogP contribution in [0.5, 0.6) is 5.75 Å². The number of carbonyl (C=O) groups excluding carboxylic acids is 2. The average Bonchev–Trinajstić information content (AvgIpc) is 3.02. The number of aliphatic hydroxyl groups excluding tert-OH is 1. The molecule has 0 aliphatic carbocycles. The number of nitrogens with zero attached hydrogens (tertiary/aromatic N) is 1. The van der Waals surface area contributed by atoms with Crippen LogP contribution in [0.15, 0.2) is 48.0 Å². The number of benzene rings is 2. The van der Waals surface area contributed by atoms with E-state index in [9.17, 15) is 14.7 Å². The van der Waals surface area contributed by atoms with Crippen LogP contribution in [0.4, 0.5) is 0 Å². The fourth-order valence-electron chi connectivity index (χ4n) is 3.80. The van der Waals surface area contributed by atoms with Crippen LogP contribution in [0, 0.1) is 13.8 Å². The summed E-state index contributed by atoms with van der Waals surface area (Å²) in [7, 11) is 0. The molecule has 5 heteroatoms. The minimum absolute atomic E-state index is 0.128. The third kappa shape index (κ3) is 4.66. The van der Waals surface area contributed by atoms with Crippen LogP contribution in [0.2, 0.25) is 0 Å². The van der Waals surface area contributed by atoms with Gasteiger partial charge in [0.15, 0.2) is 0 Å². The topological polar surface area (TPSA) is 66.8 Å². The molecule has 31 heavy (non-hydrogen) atoms. The lowest BCUT2D eigenvalue weighted by atomic mass is 9.94. The van der Waals surface area contributed by atoms with E-state index in [2.05, 4.69) is 0 Å². The molecule has 2 aromatic rings. The summed E-state index contributed by atoms with van der Waals surface area (Å²) in [5, 5.41) is 11.1. The lowest BCUT2D eigenvalue weighted by molar-refractivity contribution is -0.139. The molecular formula is C26H31NO4. The Morgan fingerprint density at radius 3 is 2.32 bits per heavy atom. The predicted octanol–water partition coefficient (Wildman–Crippen LogP) is 5.31. The Kier molecular flexibility index (Phi) is 7.16. The fourth-order valence-corrected chi connectivity index (χ4v) is 3.80. The molecule has 1 heterocycles. The molecular weight excluding hydrogens is 390 g/mol. The quantitative estimate of drug-likeness (QED) is 0.356. The van der Waals surface area contributed by atoms with Gasteiger partial charge in [0.1, 0.15) is 11.5 Å². The van der Waals surface area contributed by atoms with Crippen molar-refractivity contribution in [1.82, 2.24) is 4.90 Å². The summed E-state index contributed by atoms with van der Waals surface area (Å²) in [6.07, 6.45) is 2.59. The first-order chi connectivity index (χ1) is 14.9. The van der Waals surface area contributed by atoms with Crippen LogP contribution in [0.25, 0.3) is 5.76 Å². The Morgan fingerprint density at radius 2 is 1.71 bits per heavy atom. The number of hydrogen-bond donors (Lipinski definition) is 1. The lowest BCUT2D eigenvalue weighted by Gasteiger charge is -2.25. The summed E-state index contributed by atoms with van der Waals surface area (Å²) in [6, 6.07) is 12.4. The summed E-state index contributed by atoms with van der Waals surface area (Å²) >= 11 is 0. The van der Waals surface area contributed by atoms with Crippen LogP contribution in [-0.4, -0.2) is 34.8 Å². The van der Waals surface area contributed by atoms with Crippen molar-refractivity contribution in [2.24, 2.45) is 0 Å². The molecule has 2 aromatic carbocycles. The van der Waals surface area contributed by atoms with E-state index in [0.717, 1.165) is 41.7 Å². The second-order valence-electron chi connectivity index (χ2n) is 8.06. The van der Waals surface area contributed by atoms with E-state index in [1.807, 2.05) is 64.1 Å². The maximum absolute atomic E-state index is 13.0. The van der Waals surface area contributed by atoms with Crippen molar-refractivity contribution in [2.45, 2.75) is 53.0 Å². The largest absolute Gasteiger partial charge is 0.507 e. The molecule has 1 aliphatic heterocycles.